The van der Waals surface area contributed by atoms with Gasteiger partial charge in [-0.05, 0) is 57.3 Å². The van der Waals surface area contributed by atoms with Crippen molar-refractivity contribution >= 4 is 6.21 Å². The fourth-order valence-electron chi connectivity index (χ4n) is 3.88. The summed E-state index contributed by atoms with van der Waals surface area (Å²) in [5.74, 6) is 0.431. The lowest BCUT2D eigenvalue weighted by atomic mass is 9.96. The normalized spacial score (nSPS) is 21.1. The summed E-state index contributed by atoms with van der Waals surface area (Å²) in [6.45, 7) is 5.27. The number of hydrogen-bond donors (Lipinski definition) is 1. The highest BCUT2D eigenvalue weighted by atomic mass is 16.3. The zero-order valence-corrected chi connectivity index (χ0v) is 14.4. The van der Waals surface area contributed by atoms with E-state index in [9.17, 15) is 5.11 Å². The summed E-state index contributed by atoms with van der Waals surface area (Å²) in [5.41, 5.74) is 3.15. The van der Waals surface area contributed by atoms with Crippen molar-refractivity contribution in [2.45, 2.75) is 70.9 Å². The van der Waals surface area contributed by atoms with Crippen molar-refractivity contribution in [1.29, 1.82) is 0 Å². The van der Waals surface area contributed by atoms with Crippen LogP contribution in [0.5, 0.6) is 5.75 Å². The molecule has 126 valence electrons. The molecule has 23 heavy (non-hydrogen) atoms. The molecule has 1 saturated carbocycles. The largest absolute Gasteiger partial charge is 0.507 e. The van der Waals surface area contributed by atoms with Crippen LogP contribution in [-0.2, 0) is 6.54 Å². The lowest BCUT2D eigenvalue weighted by Crippen LogP contribution is -2.29. The van der Waals surface area contributed by atoms with Gasteiger partial charge in [0.1, 0.15) is 5.75 Å². The zero-order valence-electron chi connectivity index (χ0n) is 14.4. The Morgan fingerprint density at radius 3 is 2.52 bits per heavy atom. The highest BCUT2D eigenvalue weighted by Gasteiger charge is 2.15. The van der Waals surface area contributed by atoms with E-state index < -0.39 is 0 Å². The maximum absolute atomic E-state index is 10.7. The molecule has 0 bridgehead atoms. The average molecular weight is 314 g/mol. The summed E-state index contributed by atoms with van der Waals surface area (Å²) in [7, 11) is 0. The quantitative estimate of drug-likeness (QED) is 0.834. The third-order valence-corrected chi connectivity index (χ3v) is 5.20. The van der Waals surface area contributed by atoms with Crippen molar-refractivity contribution in [2.24, 2.45) is 4.99 Å². The van der Waals surface area contributed by atoms with E-state index in [2.05, 4.69) is 24.0 Å². The Balaban J connectivity index is 1.73. The number of nitrogens with zero attached hydrogens (tertiary/aromatic N) is 2. The predicted molar refractivity (Wildman–Crippen MR) is 96.4 cm³/mol. The molecular formula is C20H30N2O. The molecule has 0 unspecified atom stereocenters. The van der Waals surface area contributed by atoms with E-state index >= 15 is 0 Å². The summed E-state index contributed by atoms with van der Waals surface area (Å²) in [4.78, 5) is 7.20. The van der Waals surface area contributed by atoms with Crippen LogP contribution in [0.4, 0.5) is 0 Å². The number of piperidine rings is 1. The first kappa shape index (κ1) is 16.5. The fourth-order valence-corrected chi connectivity index (χ4v) is 3.88. The summed E-state index contributed by atoms with van der Waals surface area (Å²) < 4.78 is 0. The van der Waals surface area contributed by atoms with Crippen molar-refractivity contribution in [2.75, 3.05) is 13.1 Å². The van der Waals surface area contributed by atoms with Gasteiger partial charge in [0.05, 0.1) is 0 Å². The van der Waals surface area contributed by atoms with Gasteiger partial charge >= 0.3 is 0 Å². The van der Waals surface area contributed by atoms with Crippen LogP contribution < -0.4 is 0 Å². The second kappa shape index (κ2) is 7.96. The van der Waals surface area contributed by atoms with Crippen LogP contribution in [0.2, 0.25) is 0 Å². The third-order valence-electron chi connectivity index (χ3n) is 5.20. The molecule has 3 heteroatoms. The molecule has 1 aromatic rings. The molecule has 0 atom stereocenters. The molecule has 0 aromatic heterocycles. The maximum atomic E-state index is 10.7. The van der Waals surface area contributed by atoms with Gasteiger partial charge in [-0.2, -0.15) is 0 Å². The number of hydrogen-bond acceptors (Lipinski definition) is 3. The number of phenols is 1. The van der Waals surface area contributed by atoms with Crippen molar-refractivity contribution in [3.63, 3.8) is 0 Å². The first-order chi connectivity index (χ1) is 11.2. The minimum absolute atomic E-state index is 0.431. The van der Waals surface area contributed by atoms with Gasteiger partial charge < -0.3 is 5.11 Å². The molecule has 1 aliphatic heterocycles. The number of benzene rings is 1. The van der Waals surface area contributed by atoms with E-state index in [4.69, 9.17) is 4.99 Å². The molecule has 3 rings (SSSR count). The minimum Gasteiger partial charge on any atom is -0.507 e. The second-order valence-corrected chi connectivity index (χ2v) is 7.27. The van der Waals surface area contributed by atoms with Gasteiger partial charge in [0.2, 0.25) is 0 Å². The second-order valence-electron chi connectivity index (χ2n) is 7.27. The first-order valence-corrected chi connectivity index (χ1v) is 9.30. The summed E-state index contributed by atoms with van der Waals surface area (Å²) in [5, 5.41) is 10.7. The highest BCUT2D eigenvalue weighted by molar-refractivity contribution is 5.84. The average Bonchev–Trinajstić information content (AvgIpc) is 2.58. The van der Waals surface area contributed by atoms with Crippen molar-refractivity contribution in [3.05, 3.63) is 28.8 Å². The van der Waals surface area contributed by atoms with Gasteiger partial charge in [0, 0.05) is 29.9 Å². The van der Waals surface area contributed by atoms with Crippen LogP contribution in [0.3, 0.4) is 0 Å². The molecule has 2 fully saturated rings. The van der Waals surface area contributed by atoms with Gasteiger partial charge in [0.25, 0.3) is 0 Å². The molecule has 0 spiro atoms. The zero-order chi connectivity index (χ0) is 16.1. The van der Waals surface area contributed by atoms with Gasteiger partial charge in [-0.15, -0.1) is 0 Å². The smallest absolute Gasteiger partial charge is 0.128 e. The van der Waals surface area contributed by atoms with Gasteiger partial charge in [0.15, 0.2) is 0 Å². The van der Waals surface area contributed by atoms with Crippen molar-refractivity contribution < 1.29 is 5.11 Å². The molecule has 1 aromatic carbocycles. The van der Waals surface area contributed by atoms with Crippen LogP contribution in [-0.4, -0.2) is 35.4 Å². The Morgan fingerprint density at radius 2 is 1.78 bits per heavy atom. The first-order valence-electron chi connectivity index (χ1n) is 9.30. The maximum Gasteiger partial charge on any atom is 0.128 e. The number of likely N-dealkylation sites (tertiary alicyclic amines) is 1. The monoisotopic (exact) mass is 314 g/mol. The van der Waals surface area contributed by atoms with E-state index in [-0.39, 0.29) is 0 Å². The summed E-state index contributed by atoms with van der Waals surface area (Å²) >= 11 is 0. The standard InChI is InChI=1S/C20H30N2O/c1-16-12-17(14-21-19-8-4-2-5-9-19)20(23)18(13-16)15-22-10-6-3-7-11-22/h12-14,19,23H,2-11,15H2,1H3. The molecule has 2 aliphatic rings. The van der Waals surface area contributed by atoms with E-state index in [0.29, 0.717) is 11.8 Å². The SMILES string of the molecule is Cc1cc(C=NC2CCCCC2)c(O)c(CN2CCCCC2)c1. The lowest BCUT2D eigenvalue weighted by molar-refractivity contribution is 0.218. The molecule has 3 nitrogen and oxygen atoms in total. The van der Waals surface area contributed by atoms with E-state index in [1.54, 1.807) is 0 Å². The minimum atomic E-state index is 0.431. The Kier molecular flexibility index (Phi) is 5.71. The van der Waals surface area contributed by atoms with Crippen molar-refractivity contribution in [1.82, 2.24) is 4.90 Å². The summed E-state index contributed by atoms with van der Waals surface area (Å²) in [6, 6.07) is 4.64. The topological polar surface area (TPSA) is 35.8 Å². The Hall–Kier alpha value is -1.35. The predicted octanol–water partition coefficient (Wildman–Crippen LogP) is 4.44. The van der Waals surface area contributed by atoms with E-state index in [1.165, 1.54) is 56.9 Å². The van der Waals surface area contributed by atoms with E-state index in [1.807, 2.05) is 6.21 Å². The van der Waals surface area contributed by atoms with Crippen molar-refractivity contribution in [3.8, 4) is 5.75 Å². The molecule has 1 heterocycles. The molecule has 0 radical (unpaired) electrons. The van der Waals surface area contributed by atoms with Crippen LogP contribution in [0.1, 0.15) is 68.1 Å². The molecule has 1 aliphatic carbocycles. The summed E-state index contributed by atoms with van der Waals surface area (Å²) in [6.07, 6.45) is 12.2. The fraction of sp³-hybridized carbons (Fsp3) is 0.650. The molecule has 1 saturated heterocycles. The van der Waals surface area contributed by atoms with Crippen LogP contribution >= 0.6 is 0 Å². The third kappa shape index (κ3) is 4.57. The van der Waals surface area contributed by atoms with Crippen LogP contribution in [0.15, 0.2) is 17.1 Å². The Morgan fingerprint density at radius 1 is 1.09 bits per heavy atom. The Labute approximate surface area is 140 Å². The van der Waals surface area contributed by atoms with Crippen LogP contribution in [0, 0.1) is 6.92 Å². The number of rotatable bonds is 4. The number of aryl methyl sites for hydroxylation is 1. The number of aliphatic imine (C=N–C) groups is 1. The lowest BCUT2D eigenvalue weighted by Gasteiger charge is -2.27. The van der Waals surface area contributed by atoms with Crippen LogP contribution in [0.25, 0.3) is 0 Å². The van der Waals surface area contributed by atoms with E-state index in [0.717, 1.165) is 30.8 Å². The highest BCUT2D eigenvalue weighted by Crippen LogP contribution is 2.27. The number of phenolic OH excluding ortho intramolecular Hbond substituents is 1. The Bertz CT molecular complexity index is 541. The van der Waals surface area contributed by atoms with Gasteiger partial charge in [-0.25, -0.2) is 0 Å². The molecule has 1 N–H and O–H groups in total. The molecular weight excluding hydrogens is 284 g/mol. The number of aromatic hydroxyl groups is 1. The molecule has 0 amide bonds. The van der Waals surface area contributed by atoms with Gasteiger partial charge in [-0.1, -0.05) is 31.7 Å². The van der Waals surface area contributed by atoms with Gasteiger partial charge in [-0.3, -0.25) is 9.89 Å².